The van der Waals surface area contributed by atoms with Crippen molar-refractivity contribution in [1.29, 1.82) is 0 Å². The highest BCUT2D eigenvalue weighted by Gasteiger charge is 2.25. The van der Waals surface area contributed by atoms with Crippen LogP contribution in [-0.4, -0.2) is 62.0 Å². The molecule has 1 heterocycles. The lowest BCUT2D eigenvalue weighted by Gasteiger charge is -2.22. The SMILES string of the molecule is CCNC(=NCc1cccc(OCC(=O)N(C)C)c1)N1CCC(CC(C)C)C1. The maximum absolute atomic E-state index is 11.7. The second-order valence-electron chi connectivity index (χ2n) is 8.12. The Labute approximate surface area is 170 Å². The zero-order chi connectivity index (χ0) is 20.5. The predicted molar refractivity (Wildman–Crippen MR) is 115 cm³/mol. The number of rotatable bonds is 8. The zero-order valence-electron chi connectivity index (χ0n) is 18.1. The Kier molecular flexibility index (Phi) is 8.61. The third-order valence-corrected chi connectivity index (χ3v) is 4.90. The molecule has 0 radical (unpaired) electrons. The average molecular weight is 389 g/mol. The molecule has 6 heteroatoms. The van der Waals surface area contributed by atoms with Crippen molar-refractivity contribution in [2.24, 2.45) is 16.8 Å². The number of hydrogen-bond acceptors (Lipinski definition) is 3. The molecule has 28 heavy (non-hydrogen) atoms. The van der Waals surface area contributed by atoms with Crippen LogP contribution in [0.15, 0.2) is 29.3 Å². The Morgan fingerprint density at radius 1 is 1.39 bits per heavy atom. The number of carbonyl (C=O) groups is 1. The minimum Gasteiger partial charge on any atom is -0.484 e. The van der Waals surface area contributed by atoms with Gasteiger partial charge in [-0.2, -0.15) is 0 Å². The van der Waals surface area contributed by atoms with E-state index in [0.29, 0.717) is 12.3 Å². The minimum atomic E-state index is -0.0529. The van der Waals surface area contributed by atoms with Crippen molar-refractivity contribution in [1.82, 2.24) is 15.1 Å². The monoisotopic (exact) mass is 388 g/mol. The molecule has 1 aliphatic heterocycles. The number of nitrogens with zero attached hydrogens (tertiary/aromatic N) is 3. The van der Waals surface area contributed by atoms with Gasteiger partial charge in [0.2, 0.25) is 0 Å². The lowest BCUT2D eigenvalue weighted by Crippen LogP contribution is -2.40. The molecule has 0 aliphatic carbocycles. The number of ether oxygens (including phenoxy) is 1. The van der Waals surface area contributed by atoms with Crippen LogP contribution in [0.5, 0.6) is 5.75 Å². The standard InChI is InChI=1S/C22H36N4O2/c1-6-23-22(26-11-10-19(15-26)12-17(2)3)24-14-18-8-7-9-20(13-18)28-16-21(27)25(4)5/h7-9,13,17,19H,6,10-12,14-16H2,1-5H3,(H,23,24). The molecular weight excluding hydrogens is 352 g/mol. The second-order valence-corrected chi connectivity index (χ2v) is 8.12. The first kappa shape index (κ1) is 22.1. The van der Waals surface area contributed by atoms with E-state index in [4.69, 9.17) is 9.73 Å². The van der Waals surface area contributed by atoms with Crippen LogP contribution in [0.3, 0.4) is 0 Å². The Morgan fingerprint density at radius 3 is 2.86 bits per heavy atom. The molecule has 156 valence electrons. The van der Waals surface area contributed by atoms with Gasteiger partial charge in [-0.25, -0.2) is 4.99 Å². The van der Waals surface area contributed by atoms with Crippen LogP contribution >= 0.6 is 0 Å². The van der Waals surface area contributed by atoms with Gasteiger partial charge in [0.15, 0.2) is 12.6 Å². The van der Waals surface area contributed by atoms with Crippen LogP contribution < -0.4 is 10.1 Å². The third kappa shape index (κ3) is 7.06. The van der Waals surface area contributed by atoms with E-state index in [-0.39, 0.29) is 12.5 Å². The van der Waals surface area contributed by atoms with Crippen molar-refractivity contribution in [3.8, 4) is 5.75 Å². The normalized spacial score (nSPS) is 17.1. The Morgan fingerprint density at radius 2 is 2.18 bits per heavy atom. The second kappa shape index (κ2) is 10.9. The largest absolute Gasteiger partial charge is 0.484 e. The number of aliphatic imine (C=N–C) groups is 1. The van der Waals surface area contributed by atoms with Gasteiger partial charge in [0.25, 0.3) is 5.91 Å². The molecule has 6 nitrogen and oxygen atoms in total. The number of nitrogens with one attached hydrogen (secondary N) is 1. The maximum Gasteiger partial charge on any atom is 0.259 e. The highest BCUT2D eigenvalue weighted by atomic mass is 16.5. The first-order valence-corrected chi connectivity index (χ1v) is 10.3. The van der Waals surface area contributed by atoms with Crippen molar-refractivity contribution in [2.75, 3.05) is 40.3 Å². The molecule has 1 unspecified atom stereocenters. The molecule has 1 aromatic carbocycles. The van der Waals surface area contributed by atoms with Gasteiger partial charge < -0.3 is 19.9 Å². The number of benzene rings is 1. The van der Waals surface area contributed by atoms with E-state index < -0.39 is 0 Å². The van der Waals surface area contributed by atoms with E-state index in [0.717, 1.165) is 43.0 Å². The topological polar surface area (TPSA) is 57.2 Å². The fraction of sp³-hybridized carbons (Fsp3) is 0.636. The molecule has 1 amide bonds. The fourth-order valence-electron chi connectivity index (χ4n) is 3.48. The summed E-state index contributed by atoms with van der Waals surface area (Å²) in [5.74, 6) is 3.14. The highest BCUT2D eigenvalue weighted by Crippen LogP contribution is 2.23. The number of guanidine groups is 1. The Bertz CT molecular complexity index is 658. The molecule has 0 spiro atoms. The predicted octanol–water partition coefficient (Wildman–Crippen LogP) is 2.99. The van der Waals surface area contributed by atoms with Crippen LogP contribution in [0.4, 0.5) is 0 Å². The van der Waals surface area contributed by atoms with Crippen molar-refractivity contribution in [3.05, 3.63) is 29.8 Å². The Hall–Kier alpha value is -2.24. The summed E-state index contributed by atoms with van der Waals surface area (Å²) < 4.78 is 5.61. The summed E-state index contributed by atoms with van der Waals surface area (Å²) >= 11 is 0. The molecular formula is C22H36N4O2. The summed E-state index contributed by atoms with van der Waals surface area (Å²) in [5.41, 5.74) is 1.07. The van der Waals surface area contributed by atoms with Gasteiger partial charge in [0.05, 0.1) is 6.54 Å². The molecule has 0 bridgehead atoms. The average Bonchev–Trinajstić information content (AvgIpc) is 3.11. The summed E-state index contributed by atoms with van der Waals surface area (Å²) in [4.78, 5) is 20.4. The minimum absolute atomic E-state index is 0.0490. The molecule has 2 rings (SSSR count). The highest BCUT2D eigenvalue weighted by molar-refractivity contribution is 5.80. The molecule has 0 aromatic heterocycles. The Balaban J connectivity index is 1.97. The summed E-state index contributed by atoms with van der Waals surface area (Å²) in [6.07, 6.45) is 2.52. The van der Waals surface area contributed by atoms with Gasteiger partial charge in [-0.1, -0.05) is 26.0 Å². The molecule has 1 N–H and O–H groups in total. The first-order valence-electron chi connectivity index (χ1n) is 10.3. The number of carbonyl (C=O) groups excluding carboxylic acids is 1. The molecule has 1 aromatic rings. The van der Waals surface area contributed by atoms with E-state index >= 15 is 0 Å². The van der Waals surface area contributed by atoms with E-state index in [1.807, 2.05) is 24.3 Å². The third-order valence-electron chi connectivity index (χ3n) is 4.90. The van der Waals surface area contributed by atoms with Gasteiger partial charge >= 0.3 is 0 Å². The van der Waals surface area contributed by atoms with Crippen LogP contribution in [0, 0.1) is 11.8 Å². The summed E-state index contributed by atoms with van der Waals surface area (Å²) in [7, 11) is 3.45. The maximum atomic E-state index is 11.7. The zero-order valence-corrected chi connectivity index (χ0v) is 18.1. The van der Waals surface area contributed by atoms with Crippen molar-refractivity contribution >= 4 is 11.9 Å². The number of hydrogen-bond donors (Lipinski definition) is 1. The van der Waals surface area contributed by atoms with Crippen LogP contribution in [0.25, 0.3) is 0 Å². The number of likely N-dealkylation sites (N-methyl/N-ethyl adjacent to an activating group) is 1. The summed E-state index contributed by atoms with van der Waals surface area (Å²) in [6, 6.07) is 7.82. The lowest BCUT2D eigenvalue weighted by atomic mass is 9.97. The van der Waals surface area contributed by atoms with Gasteiger partial charge in [-0.05, 0) is 49.3 Å². The molecule has 0 saturated carbocycles. The lowest BCUT2D eigenvalue weighted by molar-refractivity contribution is -0.130. The number of likely N-dealkylation sites (tertiary alicyclic amines) is 1. The van der Waals surface area contributed by atoms with Gasteiger partial charge in [0.1, 0.15) is 5.75 Å². The fourth-order valence-corrected chi connectivity index (χ4v) is 3.48. The van der Waals surface area contributed by atoms with Crippen LogP contribution in [-0.2, 0) is 11.3 Å². The van der Waals surface area contributed by atoms with Gasteiger partial charge in [0, 0.05) is 33.7 Å². The smallest absolute Gasteiger partial charge is 0.259 e. The van der Waals surface area contributed by atoms with E-state index in [9.17, 15) is 4.79 Å². The summed E-state index contributed by atoms with van der Waals surface area (Å²) in [6.45, 7) is 10.3. The number of amides is 1. The van der Waals surface area contributed by atoms with Gasteiger partial charge in [-0.15, -0.1) is 0 Å². The molecule has 1 aliphatic rings. The van der Waals surface area contributed by atoms with Crippen molar-refractivity contribution in [3.63, 3.8) is 0 Å². The first-order chi connectivity index (χ1) is 13.4. The molecule has 1 atom stereocenters. The molecule has 1 saturated heterocycles. The van der Waals surface area contributed by atoms with Crippen LogP contribution in [0.2, 0.25) is 0 Å². The molecule has 1 fully saturated rings. The van der Waals surface area contributed by atoms with Crippen molar-refractivity contribution in [2.45, 2.75) is 40.2 Å². The summed E-state index contributed by atoms with van der Waals surface area (Å²) in [5, 5.41) is 3.43. The van der Waals surface area contributed by atoms with E-state index in [1.165, 1.54) is 17.7 Å². The van der Waals surface area contributed by atoms with E-state index in [2.05, 4.69) is 31.0 Å². The van der Waals surface area contributed by atoms with Crippen molar-refractivity contribution < 1.29 is 9.53 Å². The van der Waals surface area contributed by atoms with Crippen LogP contribution in [0.1, 0.15) is 39.2 Å². The quantitative estimate of drug-likeness (QED) is 0.549. The van der Waals surface area contributed by atoms with Gasteiger partial charge in [-0.3, -0.25) is 4.79 Å². The van der Waals surface area contributed by atoms with E-state index in [1.54, 1.807) is 14.1 Å².